The molecule has 2 heteroatoms. The molecular formula is C46H30N2. The number of hydrogen-bond donors (Lipinski definition) is 0. The molecule has 0 saturated heterocycles. The molecule has 0 unspecified atom stereocenters. The Morgan fingerprint density at radius 2 is 0.896 bits per heavy atom. The third-order valence-electron chi connectivity index (χ3n) is 9.88. The van der Waals surface area contributed by atoms with Gasteiger partial charge in [0.15, 0.2) is 0 Å². The van der Waals surface area contributed by atoms with Crippen LogP contribution in [0.3, 0.4) is 0 Å². The maximum atomic E-state index is 2.52. The van der Waals surface area contributed by atoms with Gasteiger partial charge < -0.3 is 9.13 Å². The van der Waals surface area contributed by atoms with Gasteiger partial charge in [-0.2, -0.15) is 0 Å². The van der Waals surface area contributed by atoms with Crippen LogP contribution in [0.5, 0.6) is 0 Å². The minimum atomic E-state index is 1.14. The first-order valence-electron chi connectivity index (χ1n) is 16.5. The summed E-state index contributed by atoms with van der Waals surface area (Å²) in [5.74, 6) is 0. The fourth-order valence-electron chi connectivity index (χ4n) is 7.79. The molecule has 0 aliphatic heterocycles. The highest BCUT2D eigenvalue weighted by Gasteiger charge is 2.25. The van der Waals surface area contributed by atoms with Crippen molar-refractivity contribution in [3.8, 4) is 33.6 Å². The molecule has 224 valence electrons. The van der Waals surface area contributed by atoms with E-state index >= 15 is 0 Å². The lowest BCUT2D eigenvalue weighted by molar-refractivity contribution is 1.15. The van der Waals surface area contributed by atoms with E-state index in [0.29, 0.717) is 0 Å². The Labute approximate surface area is 278 Å². The van der Waals surface area contributed by atoms with E-state index < -0.39 is 0 Å². The van der Waals surface area contributed by atoms with Crippen LogP contribution in [-0.2, 0) is 0 Å². The highest BCUT2D eigenvalue weighted by molar-refractivity contribution is 6.30. The van der Waals surface area contributed by atoms with Crippen LogP contribution in [0.4, 0.5) is 0 Å². The molecule has 0 saturated carbocycles. The molecule has 0 aliphatic carbocycles. The Kier molecular flexibility index (Phi) is 5.91. The number of benzene rings is 8. The van der Waals surface area contributed by atoms with Gasteiger partial charge in [-0.3, -0.25) is 0 Å². The zero-order valence-corrected chi connectivity index (χ0v) is 26.2. The summed E-state index contributed by atoms with van der Waals surface area (Å²) < 4.78 is 5.01. The molecule has 0 fully saturated rings. The van der Waals surface area contributed by atoms with Crippen molar-refractivity contribution < 1.29 is 0 Å². The monoisotopic (exact) mass is 610 g/mol. The van der Waals surface area contributed by atoms with Gasteiger partial charge in [0.05, 0.1) is 22.1 Å². The van der Waals surface area contributed by atoms with Crippen LogP contribution in [0, 0.1) is 0 Å². The quantitative estimate of drug-likeness (QED) is 0.188. The molecule has 2 nitrogen and oxygen atoms in total. The van der Waals surface area contributed by atoms with Crippen LogP contribution in [0.2, 0.25) is 0 Å². The predicted molar refractivity (Wildman–Crippen MR) is 203 cm³/mol. The first kappa shape index (κ1) is 26.8. The second kappa shape index (κ2) is 10.6. The third kappa shape index (κ3) is 3.93. The van der Waals surface area contributed by atoms with E-state index in [0.717, 1.165) is 11.4 Å². The van der Waals surface area contributed by atoms with E-state index in [2.05, 4.69) is 191 Å². The average molecular weight is 611 g/mol. The van der Waals surface area contributed by atoms with Crippen molar-refractivity contribution in [3.05, 3.63) is 182 Å². The largest absolute Gasteiger partial charge is 0.307 e. The molecule has 48 heavy (non-hydrogen) atoms. The van der Waals surface area contributed by atoms with Gasteiger partial charge in [0.25, 0.3) is 0 Å². The summed E-state index contributed by atoms with van der Waals surface area (Å²) in [6.07, 6.45) is 0. The predicted octanol–water partition coefficient (Wildman–Crippen LogP) is 12.4. The standard InChI is InChI=1S/C46H30N2/c1-4-14-31(15-5-1)32-24-27-36(28-25-32)47-42-23-13-12-22-38(42)41-30-40(33-16-6-2-7-17-33)43-39-29-26-34-18-10-11-21-37(34)44(39)48(46(43)45(41)47)35-19-8-3-9-20-35/h1-30H. The van der Waals surface area contributed by atoms with Gasteiger partial charge in [-0.05, 0) is 64.0 Å². The molecule has 2 aromatic heterocycles. The zero-order valence-electron chi connectivity index (χ0n) is 26.2. The first-order chi connectivity index (χ1) is 23.8. The Morgan fingerprint density at radius 1 is 0.312 bits per heavy atom. The third-order valence-corrected chi connectivity index (χ3v) is 9.88. The van der Waals surface area contributed by atoms with Crippen LogP contribution < -0.4 is 0 Å². The zero-order chi connectivity index (χ0) is 31.6. The summed E-state index contributed by atoms with van der Waals surface area (Å²) in [7, 11) is 0. The lowest BCUT2D eigenvalue weighted by Gasteiger charge is -2.15. The number of hydrogen-bond acceptors (Lipinski definition) is 0. The van der Waals surface area contributed by atoms with Crippen LogP contribution in [0.25, 0.3) is 88.0 Å². The van der Waals surface area contributed by atoms with E-state index in [-0.39, 0.29) is 0 Å². The summed E-state index contributed by atoms with van der Waals surface area (Å²) in [5, 5.41) is 7.49. The highest BCUT2D eigenvalue weighted by atomic mass is 15.0. The van der Waals surface area contributed by atoms with Crippen molar-refractivity contribution in [2.75, 3.05) is 0 Å². The number of aromatic nitrogens is 2. The van der Waals surface area contributed by atoms with Crippen molar-refractivity contribution in [1.29, 1.82) is 0 Å². The van der Waals surface area contributed by atoms with Crippen molar-refractivity contribution >= 4 is 54.4 Å². The van der Waals surface area contributed by atoms with Crippen LogP contribution in [0.15, 0.2) is 182 Å². The molecule has 0 bridgehead atoms. The van der Waals surface area contributed by atoms with Gasteiger partial charge in [0.1, 0.15) is 0 Å². The van der Waals surface area contributed by atoms with E-state index in [4.69, 9.17) is 0 Å². The molecule has 0 amide bonds. The minimum Gasteiger partial charge on any atom is -0.307 e. The van der Waals surface area contributed by atoms with Crippen molar-refractivity contribution in [2.24, 2.45) is 0 Å². The summed E-state index contributed by atoms with van der Waals surface area (Å²) in [5.41, 5.74) is 12.0. The Hall–Kier alpha value is -6.38. The van der Waals surface area contributed by atoms with Crippen LogP contribution in [0.1, 0.15) is 0 Å². The van der Waals surface area contributed by atoms with Crippen molar-refractivity contribution in [3.63, 3.8) is 0 Å². The summed E-state index contributed by atoms with van der Waals surface area (Å²) >= 11 is 0. The first-order valence-corrected chi connectivity index (χ1v) is 16.5. The number of nitrogens with zero attached hydrogens (tertiary/aromatic N) is 2. The Morgan fingerprint density at radius 3 is 1.65 bits per heavy atom. The SMILES string of the molecule is c1ccc(-c2ccc(-n3c4ccccc4c4cc(-c5ccccc5)c5c6ccc7ccccc7c6n(-c6ccccc6)c5c43)cc2)cc1. The number of rotatable bonds is 4. The van der Waals surface area contributed by atoms with E-state index in [1.165, 1.54) is 76.6 Å². The van der Waals surface area contributed by atoms with Gasteiger partial charge in [-0.1, -0.05) is 146 Å². The van der Waals surface area contributed by atoms with Gasteiger partial charge in [-0.25, -0.2) is 0 Å². The molecule has 2 heterocycles. The molecule has 0 radical (unpaired) electrons. The Balaban J connectivity index is 1.45. The van der Waals surface area contributed by atoms with Gasteiger partial charge in [0, 0.05) is 38.3 Å². The lowest BCUT2D eigenvalue weighted by atomic mass is 9.96. The average Bonchev–Trinajstić information content (AvgIpc) is 3.69. The second-order valence-corrected chi connectivity index (χ2v) is 12.5. The van der Waals surface area contributed by atoms with Crippen LogP contribution >= 0.6 is 0 Å². The van der Waals surface area contributed by atoms with E-state index in [1.54, 1.807) is 0 Å². The molecule has 0 N–H and O–H groups in total. The number of fused-ring (bicyclic) bond motifs is 9. The van der Waals surface area contributed by atoms with Gasteiger partial charge >= 0.3 is 0 Å². The molecule has 10 rings (SSSR count). The molecule has 0 spiro atoms. The summed E-state index contributed by atoms with van der Waals surface area (Å²) in [6, 6.07) is 66.1. The lowest BCUT2D eigenvalue weighted by Crippen LogP contribution is -1.99. The maximum Gasteiger partial charge on any atom is 0.0795 e. The molecule has 8 aromatic carbocycles. The van der Waals surface area contributed by atoms with Gasteiger partial charge in [-0.15, -0.1) is 0 Å². The fraction of sp³-hybridized carbons (Fsp3) is 0. The molecule has 0 atom stereocenters. The second-order valence-electron chi connectivity index (χ2n) is 12.5. The summed E-state index contributed by atoms with van der Waals surface area (Å²) in [6.45, 7) is 0. The van der Waals surface area contributed by atoms with Crippen molar-refractivity contribution in [2.45, 2.75) is 0 Å². The molecular weight excluding hydrogens is 581 g/mol. The van der Waals surface area contributed by atoms with E-state index in [1.807, 2.05) is 0 Å². The maximum absolute atomic E-state index is 2.52. The number of para-hydroxylation sites is 2. The smallest absolute Gasteiger partial charge is 0.0795 e. The fourth-order valence-corrected chi connectivity index (χ4v) is 7.79. The molecule has 10 aromatic rings. The minimum absolute atomic E-state index is 1.14. The summed E-state index contributed by atoms with van der Waals surface area (Å²) in [4.78, 5) is 0. The van der Waals surface area contributed by atoms with Gasteiger partial charge in [0.2, 0.25) is 0 Å². The Bertz CT molecular complexity index is 2790. The van der Waals surface area contributed by atoms with Crippen molar-refractivity contribution in [1.82, 2.24) is 9.13 Å². The molecule has 0 aliphatic rings. The topological polar surface area (TPSA) is 9.86 Å². The van der Waals surface area contributed by atoms with Crippen LogP contribution in [-0.4, -0.2) is 9.13 Å². The highest BCUT2D eigenvalue weighted by Crippen LogP contribution is 2.47. The van der Waals surface area contributed by atoms with E-state index in [9.17, 15) is 0 Å². The normalized spacial score (nSPS) is 11.8.